The first-order chi connectivity index (χ1) is 15.5. The summed E-state index contributed by atoms with van der Waals surface area (Å²) in [6, 6.07) is 11.4. The predicted octanol–water partition coefficient (Wildman–Crippen LogP) is 3.94. The minimum Gasteiger partial charge on any atom is -0.495 e. The molecule has 1 saturated carbocycles. The Morgan fingerprint density at radius 2 is 1.69 bits per heavy atom. The molecule has 32 heavy (non-hydrogen) atoms. The highest BCUT2D eigenvalue weighted by Gasteiger charge is 2.28. The van der Waals surface area contributed by atoms with Crippen molar-refractivity contribution < 1.29 is 26.8 Å². The first kappa shape index (κ1) is 22.2. The molecule has 0 radical (unpaired) electrons. The molecule has 0 aliphatic heterocycles. The lowest BCUT2D eigenvalue weighted by Crippen LogP contribution is -2.33. The Kier molecular flexibility index (Phi) is 6.66. The van der Waals surface area contributed by atoms with E-state index in [9.17, 15) is 13.2 Å². The molecular weight excluding hydrogens is 432 g/mol. The van der Waals surface area contributed by atoms with Crippen LogP contribution in [0.25, 0.3) is 0 Å². The lowest BCUT2D eigenvalue weighted by Gasteiger charge is -2.22. The van der Waals surface area contributed by atoms with Crippen LogP contribution in [0.2, 0.25) is 0 Å². The number of nitrogens with one attached hydrogen (secondary N) is 1. The summed E-state index contributed by atoms with van der Waals surface area (Å²) >= 11 is 0. The van der Waals surface area contributed by atoms with Gasteiger partial charge in [-0.25, -0.2) is 13.1 Å². The molecule has 3 aromatic rings. The maximum Gasteiger partial charge on any atom is 0.254 e. The van der Waals surface area contributed by atoms with Gasteiger partial charge in [-0.3, -0.25) is 4.79 Å². The molecule has 1 amide bonds. The van der Waals surface area contributed by atoms with Gasteiger partial charge in [0.15, 0.2) is 0 Å². The minimum absolute atomic E-state index is 0.0475. The highest BCUT2D eigenvalue weighted by molar-refractivity contribution is 7.89. The molecule has 170 valence electrons. The third-order valence-corrected chi connectivity index (χ3v) is 7.06. The summed E-state index contributed by atoms with van der Waals surface area (Å²) in [5.41, 5.74) is 0.232. The molecule has 1 aliphatic carbocycles. The molecule has 1 aliphatic rings. The second-order valence-corrected chi connectivity index (χ2v) is 9.47. The van der Waals surface area contributed by atoms with Gasteiger partial charge in [-0.15, -0.1) is 0 Å². The quantitative estimate of drug-likeness (QED) is 0.521. The van der Waals surface area contributed by atoms with Crippen molar-refractivity contribution in [3.8, 4) is 5.75 Å². The molecule has 1 fully saturated rings. The fraction of sp³-hybridized carbons (Fsp3) is 0.348. The van der Waals surface area contributed by atoms with Gasteiger partial charge in [0.2, 0.25) is 10.0 Å². The molecule has 2 heterocycles. The number of benzene rings is 1. The van der Waals surface area contributed by atoms with Crippen molar-refractivity contribution >= 4 is 15.9 Å². The highest BCUT2D eigenvalue weighted by atomic mass is 32.2. The van der Waals surface area contributed by atoms with E-state index in [4.69, 9.17) is 13.6 Å². The summed E-state index contributed by atoms with van der Waals surface area (Å²) in [6.45, 7) is 0.419. The van der Waals surface area contributed by atoms with Crippen molar-refractivity contribution in [2.75, 3.05) is 7.11 Å². The minimum atomic E-state index is -3.85. The highest BCUT2D eigenvalue weighted by Crippen LogP contribution is 2.28. The van der Waals surface area contributed by atoms with E-state index >= 15 is 0 Å². The Labute approximate surface area is 187 Å². The second kappa shape index (κ2) is 9.62. The summed E-state index contributed by atoms with van der Waals surface area (Å²) in [4.78, 5) is 14.9. The van der Waals surface area contributed by atoms with E-state index in [1.54, 1.807) is 35.2 Å². The molecular formula is C23H26N2O6S. The number of hydrogen-bond donors (Lipinski definition) is 1. The lowest BCUT2D eigenvalue weighted by molar-refractivity contribution is 0.0704. The maximum atomic E-state index is 13.4. The van der Waals surface area contributed by atoms with Crippen molar-refractivity contribution in [1.29, 1.82) is 0 Å². The van der Waals surface area contributed by atoms with Crippen molar-refractivity contribution in [2.45, 2.75) is 49.7 Å². The number of carbonyl (C=O) groups is 1. The zero-order valence-electron chi connectivity index (χ0n) is 17.8. The molecule has 4 rings (SSSR count). The SMILES string of the molecule is COc1ccc(C(=O)N(Cc2ccco2)Cc2ccco2)cc1S(=O)(=O)NC1CCCC1. The van der Waals surface area contributed by atoms with Crippen molar-refractivity contribution in [2.24, 2.45) is 0 Å². The zero-order chi connectivity index (χ0) is 22.6. The van der Waals surface area contributed by atoms with Crippen LogP contribution in [-0.2, 0) is 23.1 Å². The Hall–Kier alpha value is -3.04. The number of rotatable bonds is 9. The third-order valence-electron chi connectivity index (χ3n) is 5.52. The standard InChI is InChI=1S/C23H26N2O6S/c1-29-21-11-10-17(14-22(21)32(27,28)24-18-6-2-3-7-18)23(26)25(15-19-8-4-12-30-19)16-20-9-5-13-31-20/h4-5,8-14,18,24H,2-3,6-7,15-16H2,1H3. The van der Waals surface area contributed by atoms with Gasteiger partial charge < -0.3 is 18.5 Å². The van der Waals surface area contributed by atoms with Crippen LogP contribution < -0.4 is 9.46 Å². The van der Waals surface area contributed by atoms with E-state index in [1.165, 1.54) is 31.8 Å². The van der Waals surface area contributed by atoms with Gasteiger partial charge in [0.05, 0.1) is 32.7 Å². The van der Waals surface area contributed by atoms with Crippen molar-refractivity contribution in [1.82, 2.24) is 9.62 Å². The Balaban J connectivity index is 1.64. The monoisotopic (exact) mass is 458 g/mol. The fourth-order valence-corrected chi connectivity index (χ4v) is 5.41. The molecule has 0 saturated heterocycles. The number of methoxy groups -OCH3 is 1. The molecule has 9 heteroatoms. The van der Waals surface area contributed by atoms with Crippen LogP contribution in [0, 0.1) is 0 Å². The van der Waals surface area contributed by atoms with Gasteiger partial charge >= 0.3 is 0 Å². The lowest BCUT2D eigenvalue weighted by atomic mass is 10.1. The van der Waals surface area contributed by atoms with Gasteiger partial charge in [0.1, 0.15) is 22.2 Å². The summed E-state index contributed by atoms with van der Waals surface area (Å²) < 4.78 is 45.0. The van der Waals surface area contributed by atoms with Crippen LogP contribution in [0.4, 0.5) is 0 Å². The molecule has 0 bridgehead atoms. The van der Waals surface area contributed by atoms with E-state index in [2.05, 4.69) is 4.72 Å². The number of sulfonamides is 1. The molecule has 0 spiro atoms. The first-order valence-corrected chi connectivity index (χ1v) is 12.0. The van der Waals surface area contributed by atoms with Gasteiger partial charge in [-0.2, -0.15) is 0 Å². The largest absolute Gasteiger partial charge is 0.495 e. The predicted molar refractivity (Wildman–Crippen MR) is 117 cm³/mol. The van der Waals surface area contributed by atoms with Crippen molar-refractivity contribution in [3.63, 3.8) is 0 Å². The maximum absolute atomic E-state index is 13.4. The normalized spacial score (nSPS) is 14.5. The van der Waals surface area contributed by atoms with Crippen LogP contribution in [0.15, 0.2) is 68.7 Å². The Morgan fingerprint density at radius 3 is 2.22 bits per heavy atom. The van der Waals surface area contributed by atoms with Crippen LogP contribution in [0.5, 0.6) is 5.75 Å². The smallest absolute Gasteiger partial charge is 0.254 e. The average molecular weight is 459 g/mol. The summed E-state index contributed by atoms with van der Waals surface area (Å²) in [6.07, 6.45) is 6.68. The van der Waals surface area contributed by atoms with Crippen LogP contribution in [0.3, 0.4) is 0 Å². The molecule has 0 unspecified atom stereocenters. The average Bonchev–Trinajstić information content (AvgIpc) is 3.56. The number of hydrogen-bond acceptors (Lipinski definition) is 6. The molecule has 2 aromatic heterocycles. The Morgan fingerprint density at radius 1 is 1.06 bits per heavy atom. The third kappa shape index (κ3) is 5.05. The van der Waals surface area contributed by atoms with E-state index in [0.29, 0.717) is 11.5 Å². The first-order valence-electron chi connectivity index (χ1n) is 10.5. The van der Waals surface area contributed by atoms with Gasteiger partial charge in [0, 0.05) is 11.6 Å². The number of furan rings is 2. The van der Waals surface area contributed by atoms with Crippen LogP contribution in [-0.4, -0.2) is 32.4 Å². The number of ether oxygens (including phenoxy) is 1. The molecule has 1 aromatic carbocycles. The van der Waals surface area contributed by atoms with Crippen molar-refractivity contribution in [3.05, 3.63) is 72.1 Å². The van der Waals surface area contributed by atoms with Gasteiger partial charge in [-0.1, -0.05) is 12.8 Å². The van der Waals surface area contributed by atoms with E-state index in [-0.39, 0.29) is 41.2 Å². The number of amides is 1. The summed E-state index contributed by atoms with van der Waals surface area (Å²) in [5, 5.41) is 0. The van der Waals surface area contributed by atoms with Crippen LogP contribution in [0.1, 0.15) is 47.6 Å². The summed E-state index contributed by atoms with van der Waals surface area (Å²) in [5.74, 6) is 1.05. The number of nitrogens with zero attached hydrogens (tertiary/aromatic N) is 1. The van der Waals surface area contributed by atoms with E-state index < -0.39 is 10.0 Å². The number of carbonyl (C=O) groups excluding carboxylic acids is 1. The molecule has 8 nitrogen and oxygen atoms in total. The molecule has 1 N–H and O–H groups in total. The van der Waals surface area contributed by atoms with E-state index in [0.717, 1.165) is 25.7 Å². The fourth-order valence-electron chi connectivity index (χ4n) is 3.91. The van der Waals surface area contributed by atoms with Gasteiger partial charge in [0.25, 0.3) is 5.91 Å². The molecule has 0 atom stereocenters. The zero-order valence-corrected chi connectivity index (χ0v) is 18.6. The van der Waals surface area contributed by atoms with E-state index in [1.807, 2.05) is 0 Å². The van der Waals surface area contributed by atoms with Crippen LogP contribution >= 0.6 is 0 Å². The Bertz CT molecular complexity index is 1100. The summed E-state index contributed by atoms with van der Waals surface area (Å²) in [7, 11) is -2.44. The second-order valence-electron chi connectivity index (χ2n) is 7.79. The van der Waals surface area contributed by atoms with Gasteiger partial charge in [-0.05, 0) is 55.3 Å². The topological polar surface area (TPSA) is 102 Å².